The summed E-state index contributed by atoms with van der Waals surface area (Å²) in [5, 5.41) is 3.01. The van der Waals surface area contributed by atoms with E-state index in [9.17, 15) is 4.79 Å². The summed E-state index contributed by atoms with van der Waals surface area (Å²) in [6.07, 6.45) is 3.33. The van der Waals surface area contributed by atoms with Crippen LogP contribution in [0.2, 0.25) is 0 Å². The van der Waals surface area contributed by atoms with E-state index >= 15 is 0 Å². The third kappa shape index (κ3) is 4.57. The fraction of sp³-hybridized carbons (Fsp3) is 0.409. The van der Waals surface area contributed by atoms with Gasteiger partial charge in [-0.25, -0.2) is 0 Å². The van der Waals surface area contributed by atoms with Crippen LogP contribution < -0.4 is 15.0 Å². The van der Waals surface area contributed by atoms with Gasteiger partial charge in [-0.15, -0.1) is 0 Å². The van der Waals surface area contributed by atoms with E-state index in [1.807, 2.05) is 38.1 Å². The van der Waals surface area contributed by atoms with Crippen molar-refractivity contribution in [2.24, 2.45) is 0 Å². The highest BCUT2D eigenvalue weighted by atomic mass is 16.5. The van der Waals surface area contributed by atoms with Crippen LogP contribution in [0.1, 0.15) is 41.8 Å². The molecule has 1 amide bonds. The fourth-order valence-electron chi connectivity index (χ4n) is 3.37. The van der Waals surface area contributed by atoms with Gasteiger partial charge in [0.05, 0.1) is 6.10 Å². The predicted octanol–water partition coefficient (Wildman–Crippen LogP) is 3.83. The Balaban J connectivity index is 1.52. The molecular formula is C22H28N2O2. The van der Waals surface area contributed by atoms with E-state index in [1.54, 1.807) is 0 Å². The van der Waals surface area contributed by atoms with Gasteiger partial charge in [0, 0.05) is 31.4 Å². The summed E-state index contributed by atoms with van der Waals surface area (Å²) in [7, 11) is 2.15. The molecule has 0 aromatic heterocycles. The summed E-state index contributed by atoms with van der Waals surface area (Å²) in [5.74, 6) is 0.745. The van der Waals surface area contributed by atoms with Gasteiger partial charge < -0.3 is 15.0 Å². The summed E-state index contributed by atoms with van der Waals surface area (Å²) in [5.41, 5.74) is 4.70. The van der Waals surface area contributed by atoms with Crippen LogP contribution >= 0.6 is 0 Å². The number of carbonyl (C=O) groups is 1. The lowest BCUT2D eigenvalue weighted by atomic mass is 9.98. The van der Waals surface area contributed by atoms with Crippen LogP contribution in [0.25, 0.3) is 0 Å². The van der Waals surface area contributed by atoms with Crippen LogP contribution in [0.15, 0.2) is 42.5 Å². The van der Waals surface area contributed by atoms with Crippen molar-refractivity contribution in [3.05, 3.63) is 59.2 Å². The molecule has 1 aliphatic rings. The molecule has 4 heteroatoms. The lowest BCUT2D eigenvalue weighted by molar-refractivity contribution is 0.0954. The highest BCUT2D eigenvalue weighted by Crippen LogP contribution is 2.26. The molecule has 0 fully saturated rings. The molecule has 0 saturated carbocycles. The quantitative estimate of drug-likeness (QED) is 0.859. The summed E-state index contributed by atoms with van der Waals surface area (Å²) in [4.78, 5) is 14.6. The van der Waals surface area contributed by atoms with Gasteiger partial charge in [0.1, 0.15) is 5.75 Å². The molecule has 26 heavy (non-hydrogen) atoms. The molecule has 4 nitrogen and oxygen atoms in total. The van der Waals surface area contributed by atoms with Gasteiger partial charge in [0.2, 0.25) is 0 Å². The average molecular weight is 352 g/mol. The normalized spacial score (nSPS) is 13.5. The van der Waals surface area contributed by atoms with Gasteiger partial charge in [0.15, 0.2) is 0 Å². The molecule has 0 bridgehead atoms. The number of nitrogens with one attached hydrogen (secondary N) is 1. The van der Waals surface area contributed by atoms with E-state index in [4.69, 9.17) is 4.74 Å². The lowest BCUT2D eigenvalue weighted by Crippen LogP contribution is -2.26. The maximum absolute atomic E-state index is 12.3. The van der Waals surface area contributed by atoms with Crippen LogP contribution in [-0.4, -0.2) is 32.1 Å². The SMILES string of the molecule is CC(C)Oc1ccc(C(=O)NCCc2ccc3c(c2)CCCN3C)cc1. The number of hydrogen-bond acceptors (Lipinski definition) is 3. The van der Waals surface area contributed by atoms with Crippen LogP contribution in [0.5, 0.6) is 5.75 Å². The van der Waals surface area contributed by atoms with Gasteiger partial charge >= 0.3 is 0 Å². The van der Waals surface area contributed by atoms with Crippen molar-refractivity contribution in [2.45, 2.75) is 39.2 Å². The smallest absolute Gasteiger partial charge is 0.251 e. The zero-order chi connectivity index (χ0) is 18.5. The Labute approximate surface area is 156 Å². The van der Waals surface area contributed by atoms with E-state index in [0.29, 0.717) is 12.1 Å². The first-order valence-electron chi connectivity index (χ1n) is 9.41. The van der Waals surface area contributed by atoms with Crippen molar-refractivity contribution in [1.29, 1.82) is 0 Å². The maximum atomic E-state index is 12.3. The Morgan fingerprint density at radius 3 is 2.69 bits per heavy atom. The number of nitrogens with zero attached hydrogens (tertiary/aromatic N) is 1. The molecule has 0 spiro atoms. The topological polar surface area (TPSA) is 41.6 Å². The second-order valence-electron chi connectivity index (χ2n) is 7.19. The number of amides is 1. The van der Waals surface area contributed by atoms with E-state index in [-0.39, 0.29) is 12.0 Å². The van der Waals surface area contributed by atoms with Crippen molar-refractivity contribution >= 4 is 11.6 Å². The summed E-state index contributed by atoms with van der Waals surface area (Å²) in [6.45, 7) is 5.74. The molecule has 0 radical (unpaired) electrons. The van der Waals surface area contributed by atoms with Crippen molar-refractivity contribution in [3.63, 3.8) is 0 Å². The van der Waals surface area contributed by atoms with Crippen LogP contribution in [0, 0.1) is 0 Å². The zero-order valence-electron chi connectivity index (χ0n) is 15.9. The summed E-state index contributed by atoms with van der Waals surface area (Å²) < 4.78 is 5.61. The Kier molecular flexibility index (Phi) is 5.82. The molecule has 1 aliphatic heterocycles. The minimum absolute atomic E-state index is 0.0428. The second-order valence-corrected chi connectivity index (χ2v) is 7.19. The number of benzene rings is 2. The number of hydrogen-bond donors (Lipinski definition) is 1. The maximum Gasteiger partial charge on any atom is 0.251 e. The molecule has 2 aromatic rings. The number of anilines is 1. The average Bonchev–Trinajstić information content (AvgIpc) is 2.62. The molecule has 0 saturated heterocycles. The summed E-state index contributed by atoms with van der Waals surface area (Å²) >= 11 is 0. The first kappa shape index (κ1) is 18.3. The minimum atomic E-state index is -0.0428. The molecule has 138 valence electrons. The zero-order valence-corrected chi connectivity index (χ0v) is 15.9. The monoisotopic (exact) mass is 352 g/mol. The number of carbonyl (C=O) groups excluding carboxylic acids is 1. The van der Waals surface area contributed by atoms with E-state index in [2.05, 4.69) is 35.5 Å². The van der Waals surface area contributed by atoms with Crippen LogP contribution in [0.3, 0.4) is 0 Å². The lowest BCUT2D eigenvalue weighted by Gasteiger charge is -2.27. The number of fused-ring (bicyclic) bond motifs is 1. The number of aryl methyl sites for hydroxylation is 1. The van der Waals surface area contributed by atoms with Gasteiger partial charge in [0.25, 0.3) is 5.91 Å². The van der Waals surface area contributed by atoms with Gasteiger partial charge in [-0.3, -0.25) is 4.79 Å². The van der Waals surface area contributed by atoms with Crippen LogP contribution in [-0.2, 0) is 12.8 Å². The molecule has 1 heterocycles. The van der Waals surface area contributed by atoms with E-state index in [0.717, 1.165) is 25.1 Å². The molecule has 0 unspecified atom stereocenters. The largest absolute Gasteiger partial charge is 0.491 e. The molecule has 2 aromatic carbocycles. The first-order chi connectivity index (χ1) is 12.5. The minimum Gasteiger partial charge on any atom is -0.491 e. The third-order valence-electron chi connectivity index (χ3n) is 4.68. The van der Waals surface area contributed by atoms with E-state index < -0.39 is 0 Å². The predicted molar refractivity (Wildman–Crippen MR) is 106 cm³/mol. The van der Waals surface area contributed by atoms with Gasteiger partial charge in [-0.1, -0.05) is 12.1 Å². The molecule has 3 rings (SSSR count). The van der Waals surface area contributed by atoms with Crippen molar-refractivity contribution in [2.75, 3.05) is 25.0 Å². The van der Waals surface area contributed by atoms with Crippen molar-refractivity contribution in [1.82, 2.24) is 5.32 Å². The fourth-order valence-corrected chi connectivity index (χ4v) is 3.37. The number of rotatable bonds is 6. The Bertz CT molecular complexity index is 753. The highest BCUT2D eigenvalue weighted by Gasteiger charge is 2.13. The Morgan fingerprint density at radius 2 is 1.96 bits per heavy atom. The standard InChI is InChI=1S/C22H28N2O2/c1-16(2)26-20-9-7-18(8-10-20)22(25)23-13-12-17-6-11-21-19(15-17)5-4-14-24(21)3/h6-11,15-16H,4-5,12-14H2,1-3H3,(H,23,25). The molecular weight excluding hydrogens is 324 g/mol. The third-order valence-corrected chi connectivity index (χ3v) is 4.68. The highest BCUT2D eigenvalue weighted by molar-refractivity contribution is 5.94. The van der Waals surface area contributed by atoms with Crippen molar-refractivity contribution < 1.29 is 9.53 Å². The molecule has 1 N–H and O–H groups in total. The van der Waals surface area contributed by atoms with Crippen LogP contribution in [0.4, 0.5) is 5.69 Å². The Hall–Kier alpha value is -2.49. The first-order valence-corrected chi connectivity index (χ1v) is 9.41. The van der Waals surface area contributed by atoms with E-state index in [1.165, 1.54) is 23.2 Å². The number of ether oxygens (including phenoxy) is 1. The Morgan fingerprint density at radius 1 is 1.19 bits per heavy atom. The van der Waals surface area contributed by atoms with Crippen molar-refractivity contribution in [3.8, 4) is 5.75 Å². The van der Waals surface area contributed by atoms with Gasteiger partial charge in [-0.2, -0.15) is 0 Å². The second kappa shape index (κ2) is 8.26. The molecule has 0 aliphatic carbocycles. The summed E-state index contributed by atoms with van der Waals surface area (Å²) in [6, 6.07) is 14.0. The van der Waals surface area contributed by atoms with Gasteiger partial charge in [-0.05, 0) is 74.6 Å². The molecule has 0 atom stereocenters.